The Morgan fingerprint density at radius 3 is 3.08 bits per heavy atom. The first-order valence-corrected chi connectivity index (χ1v) is 4.48. The molecule has 1 radical (unpaired) electrons. The molecule has 0 heterocycles. The monoisotopic (exact) mass is 173 g/mol. The zero-order chi connectivity index (χ0) is 9.36. The third-order valence-corrected chi connectivity index (χ3v) is 1.48. The Kier molecular flexibility index (Phi) is 4.56. The lowest BCUT2D eigenvalue weighted by atomic mass is 10.3. The number of benzene rings is 1. The molecule has 0 aliphatic rings. The molecule has 0 aromatic heterocycles. The molecule has 0 saturated heterocycles. The second-order valence-corrected chi connectivity index (χ2v) is 2.54. The molecule has 1 heteroatoms. The van der Waals surface area contributed by atoms with Crippen LogP contribution in [0.5, 0.6) is 5.75 Å². The van der Waals surface area contributed by atoms with E-state index in [1.807, 2.05) is 31.2 Å². The predicted molar refractivity (Wildman–Crippen MR) is 53.5 cm³/mol. The Hall–Kier alpha value is -1.42. The number of rotatable bonds is 3. The Morgan fingerprint density at radius 2 is 2.38 bits per heavy atom. The van der Waals surface area contributed by atoms with Gasteiger partial charge in [-0.25, -0.2) is 0 Å². The lowest BCUT2D eigenvalue weighted by Crippen LogP contribution is -1.94. The first-order valence-electron chi connectivity index (χ1n) is 4.48. The highest BCUT2D eigenvalue weighted by Gasteiger charge is 1.88. The van der Waals surface area contributed by atoms with E-state index in [-0.39, 0.29) is 0 Å². The van der Waals surface area contributed by atoms with Gasteiger partial charge in [0.25, 0.3) is 0 Å². The first kappa shape index (κ1) is 9.67. The summed E-state index contributed by atoms with van der Waals surface area (Å²) in [7, 11) is 0. The van der Waals surface area contributed by atoms with Gasteiger partial charge in [0.2, 0.25) is 0 Å². The molecule has 1 nitrogen and oxygen atoms in total. The molecule has 0 unspecified atom stereocenters. The molecule has 0 spiro atoms. The van der Waals surface area contributed by atoms with Crippen LogP contribution >= 0.6 is 0 Å². The van der Waals surface area contributed by atoms with Gasteiger partial charge >= 0.3 is 0 Å². The van der Waals surface area contributed by atoms with Gasteiger partial charge in [0.1, 0.15) is 5.75 Å². The molecule has 0 bridgehead atoms. The summed E-state index contributed by atoms with van der Waals surface area (Å²) in [5.41, 5.74) is 0. The fourth-order valence-corrected chi connectivity index (χ4v) is 0.900. The van der Waals surface area contributed by atoms with Crippen LogP contribution in [0.25, 0.3) is 0 Å². The summed E-state index contributed by atoms with van der Waals surface area (Å²) in [5.74, 6) is 6.88. The number of ether oxygens (including phenoxy) is 1. The second-order valence-electron chi connectivity index (χ2n) is 2.54. The maximum absolute atomic E-state index is 5.42. The van der Waals surface area contributed by atoms with Crippen LogP contribution in [0.1, 0.15) is 19.8 Å². The van der Waals surface area contributed by atoms with Gasteiger partial charge in [-0.15, -0.1) is 5.92 Å². The molecule has 1 aromatic rings. The summed E-state index contributed by atoms with van der Waals surface area (Å²) in [6.07, 6.45) is 1.71. The summed E-state index contributed by atoms with van der Waals surface area (Å²) >= 11 is 0. The minimum absolute atomic E-state index is 0.658. The van der Waals surface area contributed by atoms with E-state index in [1.165, 1.54) is 0 Å². The van der Waals surface area contributed by atoms with Crippen molar-refractivity contribution in [1.29, 1.82) is 0 Å². The molecule has 0 saturated carbocycles. The Labute approximate surface area is 79.7 Å². The van der Waals surface area contributed by atoms with Crippen LogP contribution in [0.4, 0.5) is 0 Å². The lowest BCUT2D eigenvalue weighted by molar-refractivity contribution is 0.327. The van der Waals surface area contributed by atoms with Crippen molar-refractivity contribution in [3.63, 3.8) is 0 Å². The van der Waals surface area contributed by atoms with E-state index in [2.05, 4.69) is 17.9 Å². The van der Waals surface area contributed by atoms with Crippen LogP contribution in [-0.4, -0.2) is 6.61 Å². The third-order valence-electron chi connectivity index (χ3n) is 1.48. The third kappa shape index (κ3) is 4.22. The van der Waals surface area contributed by atoms with Crippen molar-refractivity contribution in [2.45, 2.75) is 19.8 Å². The SMILES string of the molecule is CCC#CCCOc1c[c]ccc1. The molecule has 0 fully saturated rings. The minimum atomic E-state index is 0.658. The van der Waals surface area contributed by atoms with Gasteiger partial charge in [-0.05, 0) is 18.2 Å². The molecular formula is C12H13O. The first-order chi connectivity index (χ1) is 6.43. The van der Waals surface area contributed by atoms with Crippen molar-refractivity contribution in [3.8, 4) is 17.6 Å². The van der Waals surface area contributed by atoms with Gasteiger partial charge in [0, 0.05) is 12.8 Å². The highest BCUT2D eigenvalue weighted by Crippen LogP contribution is 2.07. The highest BCUT2D eigenvalue weighted by atomic mass is 16.5. The zero-order valence-corrected chi connectivity index (χ0v) is 7.84. The van der Waals surface area contributed by atoms with Crippen LogP contribution in [0.2, 0.25) is 0 Å². The largest absolute Gasteiger partial charge is 0.493 e. The van der Waals surface area contributed by atoms with E-state index < -0.39 is 0 Å². The van der Waals surface area contributed by atoms with Crippen LogP contribution < -0.4 is 4.74 Å². The van der Waals surface area contributed by atoms with E-state index in [0.29, 0.717) is 6.61 Å². The van der Waals surface area contributed by atoms with Crippen molar-refractivity contribution in [2.75, 3.05) is 6.61 Å². The van der Waals surface area contributed by atoms with Crippen molar-refractivity contribution < 1.29 is 4.74 Å². The van der Waals surface area contributed by atoms with Gasteiger partial charge in [0.05, 0.1) is 6.61 Å². The standard InChI is InChI=1S/C12H13O/c1-2-3-4-8-11-13-12-9-6-5-7-10-12/h5-6,9-10H,2,8,11H2,1H3. The Balaban J connectivity index is 2.20. The maximum atomic E-state index is 5.42. The molecule has 13 heavy (non-hydrogen) atoms. The number of hydrogen-bond acceptors (Lipinski definition) is 1. The molecule has 0 aliphatic carbocycles. The van der Waals surface area contributed by atoms with E-state index >= 15 is 0 Å². The molecule has 0 amide bonds. The minimum Gasteiger partial charge on any atom is -0.493 e. The lowest BCUT2D eigenvalue weighted by Gasteiger charge is -2.01. The zero-order valence-electron chi connectivity index (χ0n) is 7.84. The normalized spacial score (nSPS) is 8.69. The van der Waals surface area contributed by atoms with Crippen LogP contribution in [0.15, 0.2) is 24.3 Å². The summed E-state index contributed by atoms with van der Waals surface area (Å²) in [6, 6.07) is 10.5. The van der Waals surface area contributed by atoms with Crippen molar-refractivity contribution in [3.05, 3.63) is 30.3 Å². The molecule has 1 aromatic carbocycles. The smallest absolute Gasteiger partial charge is 0.119 e. The van der Waals surface area contributed by atoms with Crippen LogP contribution in [0.3, 0.4) is 0 Å². The van der Waals surface area contributed by atoms with Gasteiger partial charge in [-0.2, -0.15) is 0 Å². The summed E-state index contributed by atoms with van der Waals surface area (Å²) < 4.78 is 5.42. The fourth-order valence-electron chi connectivity index (χ4n) is 0.900. The van der Waals surface area contributed by atoms with Gasteiger partial charge < -0.3 is 4.74 Å². The molecule has 1 rings (SSSR count). The molecule has 67 valence electrons. The number of hydrogen-bond donors (Lipinski definition) is 0. The van der Waals surface area contributed by atoms with E-state index in [9.17, 15) is 0 Å². The maximum Gasteiger partial charge on any atom is 0.119 e. The van der Waals surface area contributed by atoms with E-state index in [4.69, 9.17) is 4.74 Å². The average Bonchev–Trinajstić information content (AvgIpc) is 2.19. The van der Waals surface area contributed by atoms with Crippen molar-refractivity contribution >= 4 is 0 Å². The Bertz CT molecular complexity index is 279. The van der Waals surface area contributed by atoms with Crippen molar-refractivity contribution in [2.24, 2.45) is 0 Å². The molecule has 0 aliphatic heterocycles. The summed E-state index contributed by atoms with van der Waals surface area (Å²) in [5, 5.41) is 0. The van der Waals surface area contributed by atoms with Crippen molar-refractivity contribution in [1.82, 2.24) is 0 Å². The quantitative estimate of drug-likeness (QED) is 0.504. The second kappa shape index (κ2) is 6.14. The molecule has 0 N–H and O–H groups in total. The van der Waals surface area contributed by atoms with E-state index in [1.54, 1.807) is 0 Å². The van der Waals surface area contributed by atoms with Crippen LogP contribution in [-0.2, 0) is 0 Å². The van der Waals surface area contributed by atoms with Gasteiger partial charge in [-0.1, -0.05) is 25.0 Å². The van der Waals surface area contributed by atoms with E-state index in [0.717, 1.165) is 18.6 Å². The fraction of sp³-hybridized carbons (Fsp3) is 0.333. The van der Waals surface area contributed by atoms with Gasteiger partial charge in [-0.3, -0.25) is 0 Å². The Morgan fingerprint density at radius 1 is 1.46 bits per heavy atom. The van der Waals surface area contributed by atoms with Crippen LogP contribution in [0, 0.1) is 17.9 Å². The van der Waals surface area contributed by atoms with Gasteiger partial charge in [0.15, 0.2) is 0 Å². The summed E-state index contributed by atoms with van der Waals surface area (Å²) in [4.78, 5) is 0. The predicted octanol–water partition coefficient (Wildman–Crippen LogP) is 2.67. The highest BCUT2D eigenvalue weighted by molar-refractivity contribution is 5.20. The molecular weight excluding hydrogens is 160 g/mol. The summed E-state index contributed by atoms with van der Waals surface area (Å²) in [6.45, 7) is 2.70. The topological polar surface area (TPSA) is 9.23 Å². The average molecular weight is 173 g/mol. The molecule has 0 atom stereocenters.